The second-order valence-electron chi connectivity index (χ2n) is 6.92. The summed E-state index contributed by atoms with van der Waals surface area (Å²) < 4.78 is 0. The van der Waals surface area contributed by atoms with Crippen molar-refractivity contribution in [2.24, 2.45) is 5.73 Å². The van der Waals surface area contributed by atoms with Gasteiger partial charge < -0.3 is 47.2 Å². The molecule has 0 unspecified atom stereocenters. The van der Waals surface area contributed by atoms with E-state index >= 15 is 0 Å². The normalized spacial score (nSPS) is 15.1. The number of nitrogens with two attached hydrogens (primary N) is 1. The third kappa shape index (κ3) is 11.4. The van der Waals surface area contributed by atoms with E-state index in [1.54, 1.807) is 5.32 Å². The molecule has 0 saturated heterocycles. The van der Waals surface area contributed by atoms with Crippen molar-refractivity contribution in [1.29, 1.82) is 0 Å². The van der Waals surface area contributed by atoms with Crippen molar-refractivity contribution in [3.8, 4) is 0 Å². The van der Waals surface area contributed by atoms with Crippen molar-refractivity contribution in [1.82, 2.24) is 16.0 Å². The van der Waals surface area contributed by atoms with Crippen molar-refractivity contribution in [2.45, 2.75) is 62.9 Å². The number of nitrogens with one attached hydrogen (secondary N) is 3. The third-order valence-electron chi connectivity index (χ3n) is 4.11. The fourth-order valence-electron chi connectivity index (χ4n) is 2.33. The molecule has 0 rings (SSSR count). The Balaban J connectivity index is 5.61. The number of aliphatic carboxylic acids is 4. The first-order chi connectivity index (χ1) is 15.1. The molecule has 10 N–H and O–H groups in total. The van der Waals surface area contributed by atoms with Gasteiger partial charge in [-0.15, -0.1) is 0 Å². The molecule has 0 radical (unpaired) electrons. The minimum absolute atomic E-state index is 0.502. The van der Waals surface area contributed by atoms with E-state index in [4.69, 9.17) is 26.2 Å². The molecule has 16 nitrogen and oxygen atoms in total. The summed E-state index contributed by atoms with van der Waals surface area (Å²) >= 11 is 0. The molecule has 16 heteroatoms. The average Bonchev–Trinajstić information content (AvgIpc) is 2.67. The summed E-state index contributed by atoms with van der Waals surface area (Å²) in [6.07, 6.45) is -4.55. The molecular formula is C17H26N4O12. The highest BCUT2D eigenvalue weighted by Gasteiger charge is 2.32. The summed E-state index contributed by atoms with van der Waals surface area (Å²) in [5.74, 6) is -9.83. The molecule has 186 valence electrons. The average molecular weight is 478 g/mol. The minimum atomic E-state index is -1.94. The molecule has 0 aliphatic heterocycles. The number of carboxylic acids is 4. The molecule has 0 saturated carbocycles. The number of hydrogen-bond donors (Lipinski definition) is 9. The molecule has 0 aliphatic carbocycles. The molecule has 0 spiro atoms. The lowest BCUT2D eigenvalue weighted by Crippen LogP contribution is -2.58. The Morgan fingerprint density at radius 1 is 0.697 bits per heavy atom. The monoisotopic (exact) mass is 478 g/mol. The van der Waals surface area contributed by atoms with Crippen LogP contribution in [-0.4, -0.2) is 97.4 Å². The maximum Gasteiger partial charge on any atom is 0.326 e. The van der Waals surface area contributed by atoms with Crippen molar-refractivity contribution >= 4 is 41.6 Å². The zero-order valence-corrected chi connectivity index (χ0v) is 17.4. The molecule has 0 fully saturated rings. The molecule has 0 heterocycles. The van der Waals surface area contributed by atoms with Crippen molar-refractivity contribution in [2.75, 3.05) is 0 Å². The van der Waals surface area contributed by atoms with E-state index in [9.17, 15) is 38.7 Å². The molecule has 5 atom stereocenters. The second kappa shape index (κ2) is 13.6. The maximum absolute atomic E-state index is 12.6. The van der Waals surface area contributed by atoms with E-state index in [2.05, 4.69) is 5.32 Å². The summed E-state index contributed by atoms with van der Waals surface area (Å²) in [4.78, 5) is 80.8. The Morgan fingerprint density at radius 3 is 1.55 bits per heavy atom. The molecule has 3 amide bonds. The Bertz CT molecular complexity index is 784. The Labute approximate surface area is 186 Å². The lowest BCUT2D eigenvalue weighted by molar-refractivity contribution is -0.148. The van der Waals surface area contributed by atoms with Gasteiger partial charge >= 0.3 is 23.9 Å². The minimum Gasteiger partial charge on any atom is -0.481 e. The van der Waals surface area contributed by atoms with Gasteiger partial charge in [-0.25, -0.2) is 4.79 Å². The second-order valence-corrected chi connectivity index (χ2v) is 6.92. The summed E-state index contributed by atoms with van der Waals surface area (Å²) in [5, 5.41) is 50.8. The number of carbonyl (C=O) groups is 7. The summed E-state index contributed by atoms with van der Waals surface area (Å²) in [5.41, 5.74) is 5.45. The van der Waals surface area contributed by atoms with E-state index < -0.39 is 97.6 Å². The quantitative estimate of drug-likeness (QED) is 0.109. The van der Waals surface area contributed by atoms with E-state index in [0.717, 1.165) is 0 Å². The summed E-state index contributed by atoms with van der Waals surface area (Å²) in [7, 11) is 0. The van der Waals surface area contributed by atoms with Gasteiger partial charge in [-0.3, -0.25) is 28.8 Å². The van der Waals surface area contributed by atoms with Crippen LogP contribution in [-0.2, 0) is 33.6 Å². The summed E-state index contributed by atoms with van der Waals surface area (Å²) in [6, 6.07) is -6.94. The summed E-state index contributed by atoms with van der Waals surface area (Å²) in [6.45, 7) is 1.18. The Kier molecular flexibility index (Phi) is 12.0. The van der Waals surface area contributed by atoms with Crippen LogP contribution in [0.25, 0.3) is 0 Å². The topological polar surface area (TPSA) is 283 Å². The van der Waals surface area contributed by atoms with Crippen molar-refractivity contribution < 1.29 is 59.1 Å². The molecule has 0 aromatic heterocycles. The van der Waals surface area contributed by atoms with Gasteiger partial charge in [-0.1, -0.05) is 0 Å². The Morgan fingerprint density at radius 2 is 1.12 bits per heavy atom. The molecule has 33 heavy (non-hydrogen) atoms. The highest BCUT2D eigenvalue weighted by molar-refractivity contribution is 5.96. The SMILES string of the molecule is C[C@@H](O)[C@H](N)C(=O)N[C@@H](CCC(=O)O)C(=O)N[C@@H](CC(=O)O)C(=O)N[C@@H](CC(=O)O)C(=O)O. The van der Waals surface area contributed by atoms with Gasteiger partial charge in [0.15, 0.2) is 0 Å². The van der Waals surface area contributed by atoms with Crippen LogP contribution in [0.2, 0.25) is 0 Å². The third-order valence-corrected chi connectivity index (χ3v) is 4.11. The predicted octanol–water partition coefficient (Wildman–Crippen LogP) is -3.95. The Hall–Kier alpha value is -3.79. The van der Waals surface area contributed by atoms with Crippen LogP contribution in [0.4, 0.5) is 0 Å². The van der Waals surface area contributed by atoms with Crippen molar-refractivity contribution in [3.63, 3.8) is 0 Å². The van der Waals surface area contributed by atoms with Crippen molar-refractivity contribution in [3.05, 3.63) is 0 Å². The number of amides is 3. The standard InChI is InChI=1S/C17H26N4O12/c1-6(22)13(18)16(31)19-7(2-3-10(23)24)14(29)20-8(4-11(25)26)15(30)21-9(17(32)33)5-12(27)28/h6-9,13,22H,2-5,18H2,1H3,(H,19,31)(H,20,29)(H,21,30)(H,23,24)(H,25,26)(H,27,28)(H,32,33)/t6-,7+,8+,9+,13+/m1/s1. The van der Waals surface area contributed by atoms with Gasteiger partial charge in [0.1, 0.15) is 24.2 Å². The van der Waals surface area contributed by atoms with Crippen LogP contribution in [0.3, 0.4) is 0 Å². The molecule has 0 bridgehead atoms. The number of rotatable bonds is 15. The fraction of sp³-hybridized carbons (Fsp3) is 0.588. The molecule has 0 aromatic rings. The maximum atomic E-state index is 12.6. The van der Waals surface area contributed by atoms with Crippen LogP contribution in [0.15, 0.2) is 0 Å². The first-order valence-electron chi connectivity index (χ1n) is 9.38. The largest absolute Gasteiger partial charge is 0.481 e. The van der Waals surface area contributed by atoms with Gasteiger partial charge in [-0.2, -0.15) is 0 Å². The zero-order valence-electron chi connectivity index (χ0n) is 17.4. The van der Waals surface area contributed by atoms with E-state index in [1.807, 2.05) is 5.32 Å². The molecule has 0 aliphatic rings. The van der Waals surface area contributed by atoms with Gasteiger partial charge in [-0.05, 0) is 13.3 Å². The first kappa shape index (κ1) is 29.2. The number of hydrogen-bond acceptors (Lipinski definition) is 9. The number of aliphatic hydroxyl groups excluding tert-OH is 1. The van der Waals surface area contributed by atoms with Crippen LogP contribution in [0, 0.1) is 0 Å². The van der Waals surface area contributed by atoms with E-state index in [1.165, 1.54) is 6.92 Å². The van der Waals surface area contributed by atoms with Crippen LogP contribution >= 0.6 is 0 Å². The fourth-order valence-corrected chi connectivity index (χ4v) is 2.33. The van der Waals surface area contributed by atoms with Gasteiger partial charge in [0, 0.05) is 6.42 Å². The van der Waals surface area contributed by atoms with Crippen LogP contribution < -0.4 is 21.7 Å². The molecular weight excluding hydrogens is 452 g/mol. The van der Waals surface area contributed by atoms with E-state index in [-0.39, 0.29) is 0 Å². The van der Waals surface area contributed by atoms with E-state index in [0.29, 0.717) is 0 Å². The zero-order chi connectivity index (χ0) is 25.9. The number of aliphatic hydroxyl groups is 1. The smallest absolute Gasteiger partial charge is 0.326 e. The predicted molar refractivity (Wildman–Crippen MR) is 104 cm³/mol. The van der Waals surface area contributed by atoms with Gasteiger partial charge in [0.05, 0.1) is 18.9 Å². The molecule has 0 aromatic carbocycles. The lowest BCUT2D eigenvalue weighted by Gasteiger charge is -2.24. The van der Waals surface area contributed by atoms with Gasteiger partial charge in [0.2, 0.25) is 17.7 Å². The van der Waals surface area contributed by atoms with Crippen LogP contribution in [0.5, 0.6) is 0 Å². The number of carbonyl (C=O) groups excluding carboxylic acids is 3. The highest BCUT2D eigenvalue weighted by Crippen LogP contribution is 2.04. The van der Waals surface area contributed by atoms with Gasteiger partial charge in [0.25, 0.3) is 0 Å². The lowest BCUT2D eigenvalue weighted by atomic mass is 10.1. The first-order valence-corrected chi connectivity index (χ1v) is 9.38. The van der Waals surface area contributed by atoms with Crippen LogP contribution in [0.1, 0.15) is 32.6 Å². The highest BCUT2D eigenvalue weighted by atomic mass is 16.4. The number of carboxylic acid groups (broad SMARTS) is 4.